The predicted molar refractivity (Wildman–Crippen MR) is 94.9 cm³/mol. The van der Waals surface area contributed by atoms with E-state index in [1.54, 1.807) is 6.20 Å². The van der Waals surface area contributed by atoms with Crippen LogP contribution in [0.25, 0.3) is 6.08 Å². The zero-order valence-corrected chi connectivity index (χ0v) is 13.1. The van der Waals surface area contributed by atoms with E-state index in [9.17, 15) is 0 Å². The first-order valence-corrected chi connectivity index (χ1v) is 7.84. The number of anilines is 1. The van der Waals surface area contributed by atoms with Crippen LogP contribution in [0.2, 0.25) is 0 Å². The fourth-order valence-corrected chi connectivity index (χ4v) is 2.13. The number of hydrogen-bond acceptors (Lipinski definition) is 3. The smallest absolute Gasteiger partial charge is 0.146 e. The number of rotatable bonds is 8. The molecule has 0 bridgehead atoms. The summed E-state index contributed by atoms with van der Waals surface area (Å²) in [5, 5.41) is 4.31. The van der Waals surface area contributed by atoms with Crippen molar-refractivity contribution in [2.45, 2.75) is 32.6 Å². The number of nitrogens with zero attached hydrogens (tertiary/aromatic N) is 2. The number of benzene rings is 1. The Hall–Kier alpha value is -2.42. The summed E-state index contributed by atoms with van der Waals surface area (Å²) < 4.78 is 0. The number of hydrazone groups is 1. The van der Waals surface area contributed by atoms with Gasteiger partial charge in [0.15, 0.2) is 0 Å². The van der Waals surface area contributed by atoms with E-state index in [-0.39, 0.29) is 0 Å². The molecule has 3 nitrogen and oxygen atoms in total. The van der Waals surface area contributed by atoms with Crippen LogP contribution in [0.4, 0.5) is 5.82 Å². The third-order valence-electron chi connectivity index (χ3n) is 3.30. The molecule has 0 aliphatic rings. The number of aromatic nitrogens is 1. The average molecular weight is 293 g/mol. The Balaban J connectivity index is 2.02. The molecule has 0 aliphatic heterocycles. The van der Waals surface area contributed by atoms with E-state index in [0.717, 1.165) is 12.2 Å². The lowest BCUT2D eigenvalue weighted by atomic mass is 10.1. The summed E-state index contributed by atoms with van der Waals surface area (Å²) in [5.41, 5.74) is 5.40. The molecule has 1 heterocycles. The van der Waals surface area contributed by atoms with Gasteiger partial charge in [-0.1, -0.05) is 62.2 Å². The molecule has 0 amide bonds. The summed E-state index contributed by atoms with van der Waals surface area (Å²) in [7, 11) is 0. The summed E-state index contributed by atoms with van der Waals surface area (Å²) in [6.45, 7) is 2.22. The number of hydrogen-bond donors (Lipinski definition) is 1. The Labute approximate surface area is 132 Å². The Morgan fingerprint density at radius 1 is 1.09 bits per heavy atom. The number of nitrogens with one attached hydrogen (secondary N) is 1. The highest BCUT2D eigenvalue weighted by molar-refractivity contribution is 5.85. The van der Waals surface area contributed by atoms with Crippen molar-refractivity contribution >= 4 is 18.1 Å². The standard InChI is InChI=1S/C19H23N3/c1-2-3-5-12-18(15-17-10-6-4-7-11-17)16-21-22-19-13-8-9-14-20-19/h4,6-11,13-16H,2-3,5,12H2,1H3,(H,20,22)/b18-15+,21-16+. The van der Waals surface area contributed by atoms with Crippen molar-refractivity contribution in [2.24, 2.45) is 5.10 Å². The van der Waals surface area contributed by atoms with Crippen LogP contribution in [0, 0.1) is 0 Å². The fraction of sp³-hybridized carbons (Fsp3) is 0.263. The maximum Gasteiger partial charge on any atom is 0.146 e. The Kier molecular flexibility index (Phi) is 6.89. The minimum Gasteiger partial charge on any atom is -0.261 e. The molecule has 0 aliphatic carbocycles. The van der Waals surface area contributed by atoms with Crippen LogP contribution in [0.3, 0.4) is 0 Å². The zero-order valence-electron chi connectivity index (χ0n) is 13.1. The van der Waals surface area contributed by atoms with E-state index in [1.165, 1.54) is 30.4 Å². The van der Waals surface area contributed by atoms with Crippen LogP contribution in [0.15, 0.2) is 65.4 Å². The van der Waals surface area contributed by atoms with E-state index in [0.29, 0.717) is 0 Å². The van der Waals surface area contributed by atoms with E-state index < -0.39 is 0 Å². The average Bonchev–Trinajstić information content (AvgIpc) is 2.57. The van der Waals surface area contributed by atoms with Crippen LogP contribution in [-0.4, -0.2) is 11.2 Å². The first kappa shape index (κ1) is 16.0. The normalized spacial score (nSPS) is 11.8. The third kappa shape index (κ3) is 5.92. The molecule has 2 rings (SSSR count). The van der Waals surface area contributed by atoms with Gasteiger partial charge in [0, 0.05) is 6.20 Å². The van der Waals surface area contributed by atoms with E-state index in [4.69, 9.17) is 0 Å². The molecular formula is C19H23N3. The van der Waals surface area contributed by atoms with Crippen LogP contribution >= 0.6 is 0 Å². The molecule has 0 unspecified atom stereocenters. The summed E-state index contributed by atoms with van der Waals surface area (Å²) in [4.78, 5) is 4.19. The molecule has 22 heavy (non-hydrogen) atoms. The monoisotopic (exact) mass is 293 g/mol. The molecule has 2 aromatic rings. The van der Waals surface area contributed by atoms with Crippen molar-refractivity contribution in [3.8, 4) is 0 Å². The molecule has 1 N–H and O–H groups in total. The molecule has 0 saturated heterocycles. The van der Waals surface area contributed by atoms with E-state index in [1.807, 2.05) is 30.5 Å². The molecular weight excluding hydrogens is 270 g/mol. The van der Waals surface area contributed by atoms with Gasteiger partial charge in [-0.15, -0.1) is 0 Å². The van der Waals surface area contributed by atoms with Gasteiger partial charge in [0.2, 0.25) is 0 Å². The third-order valence-corrected chi connectivity index (χ3v) is 3.30. The second-order valence-electron chi connectivity index (χ2n) is 5.17. The minimum atomic E-state index is 0.756. The first-order chi connectivity index (χ1) is 10.9. The van der Waals surface area contributed by atoms with Gasteiger partial charge < -0.3 is 0 Å². The van der Waals surface area contributed by atoms with Crippen LogP contribution in [0.1, 0.15) is 38.2 Å². The summed E-state index contributed by atoms with van der Waals surface area (Å²) in [6, 6.07) is 16.1. The van der Waals surface area contributed by atoms with Crippen molar-refractivity contribution in [2.75, 3.05) is 5.43 Å². The quantitative estimate of drug-likeness (QED) is 0.415. The van der Waals surface area contributed by atoms with Crippen LogP contribution < -0.4 is 5.43 Å². The van der Waals surface area contributed by atoms with Crippen molar-refractivity contribution in [3.63, 3.8) is 0 Å². The van der Waals surface area contributed by atoms with E-state index in [2.05, 4.69) is 52.8 Å². The summed E-state index contributed by atoms with van der Waals surface area (Å²) in [5.74, 6) is 0.756. The van der Waals surface area contributed by atoms with Crippen molar-refractivity contribution in [1.82, 2.24) is 4.98 Å². The highest BCUT2D eigenvalue weighted by Gasteiger charge is 1.96. The minimum absolute atomic E-state index is 0.756. The molecule has 114 valence electrons. The Bertz CT molecular complexity index is 589. The second-order valence-corrected chi connectivity index (χ2v) is 5.17. The lowest BCUT2D eigenvalue weighted by Gasteiger charge is -2.03. The molecule has 1 aromatic heterocycles. The van der Waals surface area contributed by atoms with Gasteiger partial charge in [0.05, 0.1) is 6.21 Å². The van der Waals surface area contributed by atoms with Crippen LogP contribution in [0.5, 0.6) is 0 Å². The SMILES string of the molecule is CCCCCC(/C=N/Nc1ccccn1)=C\c1ccccc1. The topological polar surface area (TPSA) is 37.3 Å². The maximum absolute atomic E-state index is 4.31. The molecule has 1 aromatic carbocycles. The molecule has 0 spiro atoms. The lowest BCUT2D eigenvalue weighted by molar-refractivity contribution is 0.724. The van der Waals surface area contributed by atoms with Crippen molar-refractivity contribution < 1.29 is 0 Å². The molecule has 3 heteroatoms. The van der Waals surface area contributed by atoms with Crippen LogP contribution in [-0.2, 0) is 0 Å². The van der Waals surface area contributed by atoms with Gasteiger partial charge in [-0.3, -0.25) is 5.43 Å². The number of pyridine rings is 1. The van der Waals surface area contributed by atoms with Gasteiger partial charge in [0.25, 0.3) is 0 Å². The predicted octanol–water partition coefficient (Wildman–Crippen LogP) is 5.14. The number of allylic oxidation sites excluding steroid dienone is 1. The summed E-state index contributed by atoms with van der Waals surface area (Å²) >= 11 is 0. The Morgan fingerprint density at radius 2 is 1.91 bits per heavy atom. The van der Waals surface area contributed by atoms with Gasteiger partial charge >= 0.3 is 0 Å². The fourth-order valence-electron chi connectivity index (χ4n) is 2.13. The van der Waals surface area contributed by atoms with Gasteiger partial charge in [-0.25, -0.2) is 4.98 Å². The maximum atomic E-state index is 4.31. The van der Waals surface area contributed by atoms with Crippen molar-refractivity contribution in [3.05, 3.63) is 65.9 Å². The Morgan fingerprint density at radius 3 is 2.64 bits per heavy atom. The van der Waals surface area contributed by atoms with Crippen molar-refractivity contribution in [1.29, 1.82) is 0 Å². The highest BCUT2D eigenvalue weighted by atomic mass is 15.3. The zero-order chi connectivity index (χ0) is 15.5. The number of unbranched alkanes of at least 4 members (excludes halogenated alkanes) is 2. The second kappa shape index (κ2) is 9.50. The molecule has 0 fully saturated rings. The van der Waals surface area contributed by atoms with E-state index >= 15 is 0 Å². The van der Waals surface area contributed by atoms with Gasteiger partial charge in [0.1, 0.15) is 5.82 Å². The highest BCUT2D eigenvalue weighted by Crippen LogP contribution is 2.12. The summed E-state index contributed by atoms with van der Waals surface area (Å²) in [6.07, 6.45) is 10.5. The molecule has 0 atom stereocenters. The molecule has 0 radical (unpaired) electrons. The van der Waals surface area contributed by atoms with Gasteiger partial charge in [-0.2, -0.15) is 5.10 Å². The lowest BCUT2D eigenvalue weighted by Crippen LogP contribution is -1.94. The molecule has 0 saturated carbocycles. The van der Waals surface area contributed by atoms with Gasteiger partial charge in [-0.05, 0) is 36.1 Å². The first-order valence-electron chi connectivity index (χ1n) is 7.84. The largest absolute Gasteiger partial charge is 0.261 e.